The van der Waals surface area contributed by atoms with Gasteiger partial charge in [0.15, 0.2) is 0 Å². The fourth-order valence-corrected chi connectivity index (χ4v) is 3.30. The van der Waals surface area contributed by atoms with E-state index in [0.717, 1.165) is 27.9 Å². The summed E-state index contributed by atoms with van der Waals surface area (Å²) in [5.41, 5.74) is 5.76. The Morgan fingerprint density at radius 1 is 0.931 bits per heavy atom. The van der Waals surface area contributed by atoms with Crippen molar-refractivity contribution in [1.29, 1.82) is 0 Å². The number of carbonyl (C=O) groups excluding carboxylic acids is 2. The quantitative estimate of drug-likeness (QED) is 0.751. The molecule has 0 spiro atoms. The topological polar surface area (TPSA) is 75.2 Å². The minimum absolute atomic E-state index is 0.0418. The largest absolute Gasteiger partial charge is 0.353 e. The standard InChI is InChI=1S/C23H22N4O2/c1-15-3-7-17(8-4-15)21-22(18-9-5-16(2)6-10-18)26-19(13-25-21)23(29)27-12-11-24-20(28)14-27/h3-10,13H,11-12,14H2,1-2H3,(H,24,28). The lowest BCUT2D eigenvalue weighted by molar-refractivity contribution is -0.123. The predicted octanol–water partition coefficient (Wildman–Crippen LogP) is 3.00. The second-order valence-corrected chi connectivity index (χ2v) is 7.26. The maximum atomic E-state index is 12.9. The molecule has 0 radical (unpaired) electrons. The Kier molecular flexibility index (Phi) is 5.08. The first-order chi connectivity index (χ1) is 14.0. The average molecular weight is 386 g/mol. The van der Waals surface area contributed by atoms with Crippen molar-refractivity contribution in [3.63, 3.8) is 0 Å². The highest BCUT2D eigenvalue weighted by Gasteiger charge is 2.24. The third kappa shape index (κ3) is 4.01. The monoisotopic (exact) mass is 386 g/mol. The van der Waals surface area contributed by atoms with Gasteiger partial charge < -0.3 is 10.2 Å². The molecule has 1 aliphatic rings. The first-order valence-corrected chi connectivity index (χ1v) is 9.58. The molecule has 1 N–H and O–H groups in total. The molecule has 3 aromatic rings. The highest BCUT2D eigenvalue weighted by atomic mass is 16.2. The lowest BCUT2D eigenvalue weighted by Crippen LogP contribution is -2.50. The van der Waals surface area contributed by atoms with Crippen LogP contribution in [-0.2, 0) is 4.79 Å². The lowest BCUT2D eigenvalue weighted by Gasteiger charge is -2.26. The molecule has 0 atom stereocenters. The third-order valence-corrected chi connectivity index (χ3v) is 4.97. The van der Waals surface area contributed by atoms with Gasteiger partial charge in [-0.25, -0.2) is 4.98 Å². The molecule has 0 saturated carbocycles. The number of aryl methyl sites for hydroxylation is 2. The zero-order valence-electron chi connectivity index (χ0n) is 16.5. The third-order valence-electron chi connectivity index (χ3n) is 4.97. The van der Waals surface area contributed by atoms with Gasteiger partial charge in [-0.3, -0.25) is 14.6 Å². The van der Waals surface area contributed by atoms with Crippen LogP contribution in [0.1, 0.15) is 21.6 Å². The maximum absolute atomic E-state index is 12.9. The number of nitrogens with one attached hydrogen (secondary N) is 1. The first-order valence-electron chi connectivity index (χ1n) is 9.58. The van der Waals surface area contributed by atoms with Crippen molar-refractivity contribution < 1.29 is 9.59 Å². The summed E-state index contributed by atoms with van der Waals surface area (Å²) in [5, 5.41) is 2.73. The van der Waals surface area contributed by atoms with Crippen molar-refractivity contribution in [1.82, 2.24) is 20.2 Å². The molecule has 146 valence electrons. The Morgan fingerprint density at radius 2 is 1.52 bits per heavy atom. The molecular weight excluding hydrogens is 364 g/mol. The molecule has 2 aromatic carbocycles. The molecular formula is C23H22N4O2. The van der Waals surface area contributed by atoms with Crippen molar-refractivity contribution in [3.8, 4) is 22.5 Å². The summed E-state index contributed by atoms with van der Waals surface area (Å²) in [6.07, 6.45) is 1.50. The van der Waals surface area contributed by atoms with Gasteiger partial charge in [0.25, 0.3) is 5.91 Å². The van der Waals surface area contributed by atoms with Gasteiger partial charge in [0, 0.05) is 24.2 Å². The highest BCUT2D eigenvalue weighted by Crippen LogP contribution is 2.29. The Morgan fingerprint density at radius 3 is 2.10 bits per heavy atom. The number of aromatic nitrogens is 2. The van der Waals surface area contributed by atoms with Gasteiger partial charge in [-0.2, -0.15) is 0 Å². The normalized spacial score (nSPS) is 13.9. The average Bonchev–Trinajstić information content (AvgIpc) is 2.74. The van der Waals surface area contributed by atoms with E-state index in [1.165, 1.54) is 11.1 Å². The molecule has 1 aliphatic heterocycles. The van der Waals surface area contributed by atoms with Crippen LogP contribution in [0.2, 0.25) is 0 Å². The first kappa shape index (κ1) is 18.8. The summed E-state index contributed by atoms with van der Waals surface area (Å²) in [7, 11) is 0. The Balaban J connectivity index is 1.78. The molecule has 0 aliphatic carbocycles. The van der Waals surface area contributed by atoms with Crippen LogP contribution < -0.4 is 5.32 Å². The zero-order chi connectivity index (χ0) is 20.4. The molecule has 1 aromatic heterocycles. The number of nitrogens with zero attached hydrogens (tertiary/aromatic N) is 3. The molecule has 2 amide bonds. The molecule has 1 fully saturated rings. The molecule has 0 bridgehead atoms. The Bertz CT molecular complexity index is 1060. The van der Waals surface area contributed by atoms with Crippen LogP contribution in [-0.4, -0.2) is 46.3 Å². The number of carbonyl (C=O) groups is 2. The van der Waals surface area contributed by atoms with Crippen molar-refractivity contribution in [2.75, 3.05) is 19.6 Å². The van der Waals surface area contributed by atoms with E-state index in [9.17, 15) is 9.59 Å². The van der Waals surface area contributed by atoms with E-state index in [1.54, 1.807) is 0 Å². The van der Waals surface area contributed by atoms with Crippen LogP contribution in [0.25, 0.3) is 22.5 Å². The van der Waals surface area contributed by atoms with E-state index in [0.29, 0.717) is 18.8 Å². The summed E-state index contributed by atoms with van der Waals surface area (Å²) in [5.74, 6) is -0.441. The van der Waals surface area contributed by atoms with Gasteiger partial charge in [0.1, 0.15) is 5.69 Å². The molecule has 1 saturated heterocycles. The molecule has 0 unspecified atom stereocenters. The molecule has 6 heteroatoms. The van der Waals surface area contributed by atoms with E-state index >= 15 is 0 Å². The highest BCUT2D eigenvalue weighted by molar-refractivity contribution is 5.96. The van der Waals surface area contributed by atoms with Crippen LogP contribution in [0.15, 0.2) is 54.7 Å². The molecule has 6 nitrogen and oxygen atoms in total. The van der Waals surface area contributed by atoms with Crippen molar-refractivity contribution in [2.45, 2.75) is 13.8 Å². The lowest BCUT2D eigenvalue weighted by atomic mass is 10.0. The Labute approximate surface area is 169 Å². The van der Waals surface area contributed by atoms with Gasteiger partial charge >= 0.3 is 0 Å². The molecule has 29 heavy (non-hydrogen) atoms. The fourth-order valence-electron chi connectivity index (χ4n) is 3.30. The van der Waals surface area contributed by atoms with E-state index in [4.69, 9.17) is 0 Å². The molecule has 4 rings (SSSR count). The number of piperazine rings is 1. The van der Waals surface area contributed by atoms with Crippen molar-refractivity contribution in [2.24, 2.45) is 0 Å². The van der Waals surface area contributed by atoms with Gasteiger partial charge in [0.05, 0.1) is 24.1 Å². The van der Waals surface area contributed by atoms with Gasteiger partial charge in [-0.1, -0.05) is 59.7 Å². The minimum Gasteiger partial charge on any atom is -0.353 e. The SMILES string of the molecule is Cc1ccc(-c2ncc(C(=O)N3CCNC(=O)C3)nc2-c2ccc(C)cc2)cc1. The van der Waals surface area contributed by atoms with Crippen LogP contribution in [0, 0.1) is 13.8 Å². The van der Waals surface area contributed by atoms with Gasteiger partial charge in [-0.15, -0.1) is 0 Å². The van der Waals surface area contributed by atoms with Crippen LogP contribution in [0.3, 0.4) is 0 Å². The maximum Gasteiger partial charge on any atom is 0.274 e. The summed E-state index contributed by atoms with van der Waals surface area (Å²) < 4.78 is 0. The van der Waals surface area contributed by atoms with E-state index in [1.807, 2.05) is 62.4 Å². The second kappa shape index (κ2) is 7.83. The van der Waals surface area contributed by atoms with E-state index < -0.39 is 0 Å². The Hall–Kier alpha value is -3.54. The van der Waals surface area contributed by atoms with Crippen LogP contribution >= 0.6 is 0 Å². The minimum atomic E-state index is -0.281. The summed E-state index contributed by atoms with van der Waals surface area (Å²) in [6.45, 7) is 5.01. The summed E-state index contributed by atoms with van der Waals surface area (Å²) in [4.78, 5) is 35.4. The van der Waals surface area contributed by atoms with Gasteiger partial charge in [0.2, 0.25) is 5.91 Å². The van der Waals surface area contributed by atoms with Crippen LogP contribution in [0.5, 0.6) is 0 Å². The second-order valence-electron chi connectivity index (χ2n) is 7.26. The van der Waals surface area contributed by atoms with Gasteiger partial charge in [-0.05, 0) is 13.8 Å². The number of hydrogen-bond donors (Lipinski definition) is 1. The predicted molar refractivity (Wildman–Crippen MR) is 111 cm³/mol. The number of benzene rings is 2. The van der Waals surface area contributed by atoms with E-state index in [2.05, 4.69) is 15.3 Å². The van der Waals surface area contributed by atoms with E-state index in [-0.39, 0.29) is 24.1 Å². The number of amides is 2. The summed E-state index contributed by atoms with van der Waals surface area (Å²) >= 11 is 0. The zero-order valence-corrected chi connectivity index (χ0v) is 16.5. The number of rotatable bonds is 3. The number of hydrogen-bond acceptors (Lipinski definition) is 4. The smallest absolute Gasteiger partial charge is 0.274 e. The fraction of sp³-hybridized carbons (Fsp3) is 0.217. The molecule has 2 heterocycles. The van der Waals surface area contributed by atoms with Crippen LogP contribution in [0.4, 0.5) is 0 Å². The van der Waals surface area contributed by atoms with Crippen molar-refractivity contribution >= 4 is 11.8 Å². The van der Waals surface area contributed by atoms with Crippen molar-refractivity contribution in [3.05, 3.63) is 71.5 Å². The summed E-state index contributed by atoms with van der Waals surface area (Å²) in [6, 6.07) is 16.1.